The van der Waals surface area contributed by atoms with Crippen LogP contribution in [0, 0.1) is 13.8 Å². The van der Waals surface area contributed by atoms with Crippen LogP contribution in [0.3, 0.4) is 0 Å². The molecule has 0 heterocycles. The number of benzene rings is 2. The van der Waals surface area contributed by atoms with Gasteiger partial charge in [-0.25, -0.2) is 0 Å². The minimum absolute atomic E-state index is 0.230. The minimum Gasteiger partial charge on any atom is -0.480 e. The Bertz CT molecular complexity index is 1050. The van der Waals surface area contributed by atoms with Gasteiger partial charge in [0.25, 0.3) is 5.91 Å². The van der Waals surface area contributed by atoms with Crippen LogP contribution in [-0.2, 0) is 14.4 Å². The van der Waals surface area contributed by atoms with Crippen molar-refractivity contribution in [2.45, 2.75) is 38.2 Å². The first kappa shape index (κ1) is 21.6. The Hall–Kier alpha value is -3.12. The molecule has 0 fully saturated rings. The van der Waals surface area contributed by atoms with E-state index in [9.17, 15) is 14.4 Å². The number of thioether (sulfide) groups is 1. The minimum atomic E-state index is -0.662. The Morgan fingerprint density at radius 2 is 1.87 bits per heavy atom. The van der Waals surface area contributed by atoms with Gasteiger partial charge in [-0.1, -0.05) is 48.5 Å². The van der Waals surface area contributed by atoms with Gasteiger partial charge in [0.15, 0.2) is 17.7 Å². The molecule has 1 aliphatic rings. The Morgan fingerprint density at radius 1 is 1.10 bits per heavy atom. The number of carbonyl (C=O) groups excluding carboxylic acids is 3. The fraction of sp³-hybridized carbons (Fsp3) is 0.208. The third-order valence-corrected chi connectivity index (χ3v) is 5.66. The predicted molar refractivity (Wildman–Crippen MR) is 119 cm³/mol. The van der Waals surface area contributed by atoms with Gasteiger partial charge in [-0.05, 0) is 56.2 Å². The van der Waals surface area contributed by atoms with Crippen LogP contribution in [0.5, 0.6) is 5.75 Å². The van der Waals surface area contributed by atoms with Crippen molar-refractivity contribution in [3.8, 4) is 5.75 Å². The zero-order valence-corrected chi connectivity index (χ0v) is 17.9. The molecule has 3 rings (SSSR count). The first-order chi connectivity index (χ1) is 14.4. The van der Waals surface area contributed by atoms with E-state index >= 15 is 0 Å². The highest BCUT2D eigenvalue weighted by molar-refractivity contribution is 8.04. The Labute approximate surface area is 180 Å². The number of anilines is 1. The quantitative estimate of drug-likeness (QED) is 0.651. The van der Waals surface area contributed by atoms with Gasteiger partial charge in [0.05, 0.1) is 10.6 Å². The van der Waals surface area contributed by atoms with E-state index in [-0.39, 0.29) is 17.5 Å². The summed E-state index contributed by atoms with van der Waals surface area (Å²) in [7, 11) is 0. The molecule has 6 heteroatoms. The second-order valence-corrected chi connectivity index (χ2v) is 8.06. The van der Waals surface area contributed by atoms with Crippen LogP contribution >= 0.6 is 11.8 Å². The van der Waals surface area contributed by atoms with Gasteiger partial charge in [0, 0.05) is 11.0 Å². The molecule has 2 aromatic rings. The lowest BCUT2D eigenvalue weighted by molar-refractivity contribution is -0.122. The van der Waals surface area contributed by atoms with E-state index in [0.717, 1.165) is 22.9 Å². The largest absolute Gasteiger partial charge is 0.480 e. The van der Waals surface area contributed by atoms with Crippen LogP contribution in [0.2, 0.25) is 0 Å². The molecule has 0 aliphatic heterocycles. The summed E-state index contributed by atoms with van der Waals surface area (Å²) >= 11 is 1.16. The smallest absolute Gasteiger partial charge is 0.265 e. The van der Waals surface area contributed by atoms with Crippen LogP contribution in [0.15, 0.2) is 70.5 Å². The number of rotatable bonds is 7. The van der Waals surface area contributed by atoms with Crippen molar-refractivity contribution >= 4 is 34.9 Å². The van der Waals surface area contributed by atoms with E-state index in [2.05, 4.69) is 5.32 Å². The number of aryl methyl sites for hydroxylation is 2. The summed E-state index contributed by atoms with van der Waals surface area (Å²) in [5.74, 6) is -0.0594. The molecule has 0 spiro atoms. The van der Waals surface area contributed by atoms with Crippen molar-refractivity contribution in [1.82, 2.24) is 0 Å². The van der Waals surface area contributed by atoms with Crippen molar-refractivity contribution in [3.63, 3.8) is 0 Å². The molecule has 5 nitrogen and oxygen atoms in total. The summed E-state index contributed by atoms with van der Waals surface area (Å²) in [6.07, 6.45) is 3.65. The summed E-state index contributed by atoms with van der Waals surface area (Å²) in [6.45, 7) is 5.84. The Morgan fingerprint density at radius 3 is 2.60 bits per heavy atom. The highest BCUT2D eigenvalue weighted by Crippen LogP contribution is 2.34. The van der Waals surface area contributed by atoms with E-state index in [1.54, 1.807) is 18.2 Å². The van der Waals surface area contributed by atoms with Gasteiger partial charge in [0.2, 0.25) is 0 Å². The van der Waals surface area contributed by atoms with Gasteiger partial charge in [0.1, 0.15) is 5.75 Å². The molecular formula is C24H23NO4S. The maximum absolute atomic E-state index is 12.9. The van der Waals surface area contributed by atoms with Crippen molar-refractivity contribution < 1.29 is 19.1 Å². The molecule has 1 N–H and O–H groups in total. The van der Waals surface area contributed by atoms with Gasteiger partial charge >= 0.3 is 0 Å². The molecule has 0 saturated carbocycles. The Kier molecular flexibility index (Phi) is 6.90. The lowest BCUT2D eigenvalue weighted by Gasteiger charge is -2.20. The molecule has 1 unspecified atom stereocenters. The SMILES string of the molecule is CCC(Oc1ccc(C)cc1C)C(=O)Nc1ccccc1SC1=CC(=O)C=CC1=O. The van der Waals surface area contributed by atoms with Crippen LogP contribution in [-0.4, -0.2) is 23.6 Å². The molecule has 1 amide bonds. The lowest BCUT2D eigenvalue weighted by Crippen LogP contribution is -2.32. The third kappa shape index (κ3) is 5.27. The average molecular weight is 422 g/mol. The Balaban J connectivity index is 1.76. The van der Waals surface area contributed by atoms with Crippen LogP contribution in [0.1, 0.15) is 24.5 Å². The number of nitrogens with one attached hydrogen (secondary N) is 1. The summed E-state index contributed by atoms with van der Waals surface area (Å²) in [4.78, 5) is 37.6. The first-order valence-corrected chi connectivity index (χ1v) is 10.5. The molecule has 0 aromatic heterocycles. The maximum atomic E-state index is 12.9. The molecular weight excluding hydrogens is 398 g/mol. The lowest BCUT2D eigenvalue weighted by atomic mass is 10.1. The predicted octanol–water partition coefficient (Wildman–Crippen LogP) is 4.78. The van der Waals surface area contributed by atoms with E-state index in [1.807, 2.05) is 45.0 Å². The second kappa shape index (κ2) is 9.59. The summed E-state index contributed by atoms with van der Waals surface area (Å²) in [5, 5.41) is 2.90. The standard InChI is InChI=1S/C24H23NO4S/c1-4-20(29-21-12-9-15(2)13-16(21)3)24(28)25-18-7-5-6-8-22(18)30-23-14-17(26)10-11-19(23)27/h5-14,20H,4H2,1-3H3,(H,25,28). The van der Waals surface area contributed by atoms with E-state index in [1.165, 1.54) is 18.2 Å². The molecule has 154 valence electrons. The zero-order valence-electron chi connectivity index (χ0n) is 17.1. The molecule has 0 radical (unpaired) electrons. The molecule has 0 bridgehead atoms. The van der Waals surface area contributed by atoms with Crippen molar-refractivity contribution in [2.75, 3.05) is 5.32 Å². The molecule has 2 aromatic carbocycles. The maximum Gasteiger partial charge on any atom is 0.265 e. The second-order valence-electron chi connectivity index (χ2n) is 6.98. The number of hydrogen-bond acceptors (Lipinski definition) is 5. The van der Waals surface area contributed by atoms with Gasteiger partial charge in [-0.2, -0.15) is 0 Å². The van der Waals surface area contributed by atoms with Crippen LogP contribution in [0.4, 0.5) is 5.69 Å². The number of carbonyl (C=O) groups is 3. The number of allylic oxidation sites excluding steroid dienone is 4. The number of ketones is 2. The van der Waals surface area contributed by atoms with Gasteiger partial charge in [-0.3, -0.25) is 14.4 Å². The number of para-hydroxylation sites is 1. The molecule has 0 saturated heterocycles. The van der Waals surface area contributed by atoms with Crippen molar-refractivity contribution in [3.05, 3.63) is 76.7 Å². The fourth-order valence-electron chi connectivity index (χ4n) is 2.97. The topological polar surface area (TPSA) is 72.5 Å². The highest BCUT2D eigenvalue weighted by atomic mass is 32.2. The molecule has 1 aliphatic carbocycles. The number of amides is 1. The number of hydrogen-bond donors (Lipinski definition) is 1. The van der Waals surface area contributed by atoms with Gasteiger partial charge in [-0.15, -0.1) is 0 Å². The highest BCUT2D eigenvalue weighted by Gasteiger charge is 2.22. The van der Waals surface area contributed by atoms with E-state index in [4.69, 9.17) is 4.74 Å². The summed E-state index contributed by atoms with van der Waals surface area (Å²) in [5.41, 5.74) is 2.66. The first-order valence-electron chi connectivity index (χ1n) is 9.67. The van der Waals surface area contributed by atoms with Crippen LogP contribution in [0.25, 0.3) is 0 Å². The summed E-state index contributed by atoms with van der Waals surface area (Å²) < 4.78 is 5.97. The third-order valence-electron chi connectivity index (χ3n) is 4.54. The van der Waals surface area contributed by atoms with Crippen molar-refractivity contribution in [2.24, 2.45) is 0 Å². The van der Waals surface area contributed by atoms with E-state index < -0.39 is 6.10 Å². The van der Waals surface area contributed by atoms with Crippen molar-refractivity contribution in [1.29, 1.82) is 0 Å². The van der Waals surface area contributed by atoms with Crippen LogP contribution < -0.4 is 10.1 Å². The van der Waals surface area contributed by atoms with Gasteiger partial charge < -0.3 is 10.1 Å². The van der Waals surface area contributed by atoms with E-state index in [0.29, 0.717) is 27.7 Å². The normalized spacial score (nSPS) is 14.3. The zero-order chi connectivity index (χ0) is 21.7. The fourth-order valence-corrected chi connectivity index (χ4v) is 3.92. The summed E-state index contributed by atoms with van der Waals surface area (Å²) in [6, 6.07) is 13.0. The monoisotopic (exact) mass is 421 g/mol. The number of ether oxygens (including phenoxy) is 1. The average Bonchev–Trinajstić information content (AvgIpc) is 2.71. The molecule has 30 heavy (non-hydrogen) atoms. The molecule has 1 atom stereocenters.